The first-order valence-electron chi connectivity index (χ1n) is 5.07. The zero-order chi connectivity index (χ0) is 8.39. The van der Waals surface area contributed by atoms with Gasteiger partial charge >= 0.3 is 0 Å². The fourth-order valence-electron chi connectivity index (χ4n) is 2.15. The van der Waals surface area contributed by atoms with E-state index in [1.54, 1.807) is 0 Å². The van der Waals surface area contributed by atoms with Crippen LogP contribution in [0, 0.1) is 0 Å². The van der Waals surface area contributed by atoms with Gasteiger partial charge in [0.25, 0.3) is 0 Å². The summed E-state index contributed by atoms with van der Waals surface area (Å²) >= 11 is 0. The molecule has 2 heteroatoms. The highest BCUT2D eigenvalue weighted by Crippen LogP contribution is 2.20. The topological polar surface area (TPSA) is 6.48 Å². The molecule has 0 radical (unpaired) electrons. The fraction of sp³-hybridized carbons (Fsp3) is 0.800. The first-order valence-corrected chi connectivity index (χ1v) is 5.07. The zero-order valence-electron chi connectivity index (χ0n) is 7.76. The second-order valence-electron chi connectivity index (χ2n) is 3.80. The van der Waals surface area contributed by atoms with Crippen molar-refractivity contribution in [3.63, 3.8) is 0 Å². The van der Waals surface area contributed by atoms with Crippen molar-refractivity contribution < 1.29 is 0 Å². The molecule has 2 aliphatic rings. The van der Waals surface area contributed by atoms with E-state index < -0.39 is 0 Å². The molecule has 0 unspecified atom stereocenters. The molecule has 0 N–H and O–H groups in total. The number of rotatable bonds is 2. The Bertz CT molecular complexity index is 147. The van der Waals surface area contributed by atoms with Crippen molar-refractivity contribution in [2.75, 3.05) is 26.2 Å². The van der Waals surface area contributed by atoms with Gasteiger partial charge in [-0.15, -0.1) is 0 Å². The molecule has 0 aliphatic carbocycles. The van der Waals surface area contributed by atoms with E-state index in [-0.39, 0.29) is 0 Å². The van der Waals surface area contributed by atoms with E-state index in [9.17, 15) is 0 Å². The predicted octanol–water partition coefficient (Wildman–Crippen LogP) is 1.65. The number of hydrogen-bond donors (Lipinski definition) is 0. The second-order valence-corrected chi connectivity index (χ2v) is 3.80. The summed E-state index contributed by atoms with van der Waals surface area (Å²) in [6, 6.07) is 0. The van der Waals surface area contributed by atoms with Gasteiger partial charge in [-0.25, -0.2) is 0 Å². The molecule has 2 aliphatic heterocycles. The quantitative estimate of drug-likeness (QED) is 0.615. The molecule has 0 aromatic rings. The van der Waals surface area contributed by atoms with Crippen LogP contribution in [0.25, 0.3) is 0 Å². The fourth-order valence-corrected chi connectivity index (χ4v) is 2.15. The molecule has 2 saturated heterocycles. The Balaban J connectivity index is 1.89. The second kappa shape index (κ2) is 3.38. The van der Waals surface area contributed by atoms with Crippen LogP contribution in [0.3, 0.4) is 0 Å². The third-order valence-corrected chi connectivity index (χ3v) is 2.94. The Morgan fingerprint density at radius 1 is 0.750 bits per heavy atom. The summed E-state index contributed by atoms with van der Waals surface area (Å²) in [7, 11) is 0. The Kier molecular flexibility index (Phi) is 2.24. The molecule has 12 heavy (non-hydrogen) atoms. The van der Waals surface area contributed by atoms with Crippen LogP contribution >= 0.6 is 0 Å². The summed E-state index contributed by atoms with van der Waals surface area (Å²) in [5, 5.41) is 0. The molecule has 0 aromatic carbocycles. The maximum absolute atomic E-state index is 4.17. The minimum Gasteiger partial charge on any atom is -0.359 e. The SMILES string of the molecule is C=C(N1CCCC1)N1CCCC1. The monoisotopic (exact) mass is 166 g/mol. The van der Waals surface area contributed by atoms with E-state index >= 15 is 0 Å². The van der Waals surface area contributed by atoms with Crippen LogP contribution in [0.2, 0.25) is 0 Å². The van der Waals surface area contributed by atoms with E-state index in [4.69, 9.17) is 0 Å². The molecule has 0 spiro atoms. The zero-order valence-corrected chi connectivity index (χ0v) is 7.76. The minimum atomic E-state index is 1.23. The van der Waals surface area contributed by atoms with E-state index in [0.717, 1.165) is 0 Å². The summed E-state index contributed by atoms with van der Waals surface area (Å²) in [6.45, 7) is 9.10. The van der Waals surface area contributed by atoms with Crippen molar-refractivity contribution in [3.8, 4) is 0 Å². The Morgan fingerprint density at radius 2 is 1.08 bits per heavy atom. The van der Waals surface area contributed by atoms with E-state index in [1.165, 1.54) is 57.7 Å². The minimum absolute atomic E-state index is 1.23. The molecule has 2 rings (SSSR count). The average molecular weight is 166 g/mol. The van der Waals surface area contributed by atoms with Crippen LogP contribution in [-0.4, -0.2) is 36.0 Å². The molecular formula is C10H18N2. The highest BCUT2D eigenvalue weighted by atomic mass is 15.3. The lowest BCUT2D eigenvalue weighted by Crippen LogP contribution is -2.31. The first-order chi connectivity index (χ1) is 5.88. The summed E-state index contributed by atoms with van der Waals surface area (Å²) in [6.07, 6.45) is 5.42. The highest BCUT2D eigenvalue weighted by molar-refractivity contribution is 4.97. The number of nitrogens with zero attached hydrogens (tertiary/aromatic N) is 2. The van der Waals surface area contributed by atoms with Gasteiger partial charge in [-0.3, -0.25) is 0 Å². The first kappa shape index (κ1) is 7.96. The lowest BCUT2D eigenvalue weighted by Gasteiger charge is -2.29. The van der Waals surface area contributed by atoms with Crippen molar-refractivity contribution in [1.82, 2.24) is 9.80 Å². The standard InChI is InChI=1S/C10H18N2/c1-10(11-6-2-3-7-11)12-8-4-5-9-12/h1-9H2. The molecule has 2 nitrogen and oxygen atoms in total. The van der Waals surface area contributed by atoms with Crippen molar-refractivity contribution in [3.05, 3.63) is 12.4 Å². The molecule has 2 fully saturated rings. The molecule has 0 saturated carbocycles. The van der Waals surface area contributed by atoms with Gasteiger partial charge in [-0.1, -0.05) is 6.58 Å². The van der Waals surface area contributed by atoms with Crippen molar-refractivity contribution >= 4 is 0 Å². The van der Waals surface area contributed by atoms with Crippen LogP contribution in [0.5, 0.6) is 0 Å². The van der Waals surface area contributed by atoms with Crippen LogP contribution in [0.1, 0.15) is 25.7 Å². The van der Waals surface area contributed by atoms with Crippen LogP contribution in [0.4, 0.5) is 0 Å². The van der Waals surface area contributed by atoms with Gasteiger partial charge in [0, 0.05) is 26.2 Å². The molecule has 0 bridgehead atoms. The third-order valence-electron chi connectivity index (χ3n) is 2.94. The largest absolute Gasteiger partial charge is 0.359 e. The number of hydrogen-bond acceptors (Lipinski definition) is 2. The van der Waals surface area contributed by atoms with Crippen molar-refractivity contribution in [1.29, 1.82) is 0 Å². The lowest BCUT2D eigenvalue weighted by molar-refractivity contribution is 0.272. The molecular weight excluding hydrogens is 148 g/mol. The molecule has 0 amide bonds. The van der Waals surface area contributed by atoms with Gasteiger partial charge in [-0.2, -0.15) is 0 Å². The maximum Gasteiger partial charge on any atom is 0.0965 e. The Labute approximate surface area is 74.8 Å². The van der Waals surface area contributed by atoms with E-state index in [2.05, 4.69) is 16.4 Å². The summed E-state index contributed by atoms with van der Waals surface area (Å²) in [5.74, 6) is 1.28. The maximum atomic E-state index is 4.17. The molecule has 2 heterocycles. The van der Waals surface area contributed by atoms with Gasteiger partial charge in [0.05, 0.1) is 5.82 Å². The highest BCUT2D eigenvalue weighted by Gasteiger charge is 2.20. The summed E-state index contributed by atoms with van der Waals surface area (Å²) < 4.78 is 0. The van der Waals surface area contributed by atoms with Crippen molar-refractivity contribution in [2.24, 2.45) is 0 Å². The third kappa shape index (κ3) is 1.43. The molecule has 0 atom stereocenters. The van der Waals surface area contributed by atoms with E-state index in [1.807, 2.05) is 0 Å². The van der Waals surface area contributed by atoms with E-state index in [0.29, 0.717) is 0 Å². The Morgan fingerprint density at radius 3 is 1.42 bits per heavy atom. The smallest absolute Gasteiger partial charge is 0.0965 e. The van der Waals surface area contributed by atoms with Crippen LogP contribution in [0.15, 0.2) is 12.4 Å². The number of likely N-dealkylation sites (tertiary alicyclic amines) is 2. The summed E-state index contributed by atoms with van der Waals surface area (Å²) in [5.41, 5.74) is 0. The molecule has 68 valence electrons. The lowest BCUT2D eigenvalue weighted by atomic mass is 10.4. The van der Waals surface area contributed by atoms with Gasteiger partial charge in [0.2, 0.25) is 0 Å². The van der Waals surface area contributed by atoms with Gasteiger partial charge in [0.1, 0.15) is 0 Å². The van der Waals surface area contributed by atoms with Gasteiger partial charge in [0.15, 0.2) is 0 Å². The van der Waals surface area contributed by atoms with Gasteiger partial charge in [-0.05, 0) is 25.7 Å². The predicted molar refractivity (Wildman–Crippen MR) is 50.8 cm³/mol. The summed E-state index contributed by atoms with van der Waals surface area (Å²) in [4.78, 5) is 4.87. The average Bonchev–Trinajstić information content (AvgIpc) is 2.77. The van der Waals surface area contributed by atoms with Crippen molar-refractivity contribution in [2.45, 2.75) is 25.7 Å². The normalized spacial score (nSPS) is 23.7. The van der Waals surface area contributed by atoms with Crippen LogP contribution in [-0.2, 0) is 0 Å². The van der Waals surface area contributed by atoms with Crippen LogP contribution < -0.4 is 0 Å². The Hall–Kier alpha value is -0.660. The van der Waals surface area contributed by atoms with Gasteiger partial charge < -0.3 is 9.80 Å². The molecule has 0 aromatic heterocycles.